The summed E-state index contributed by atoms with van der Waals surface area (Å²) >= 11 is 1.17. The highest BCUT2D eigenvalue weighted by atomic mass is 32.1. The van der Waals surface area contributed by atoms with Gasteiger partial charge in [0.1, 0.15) is 17.1 Å². The highest BCUT2D eigenvalue weighted by molar-refractivity contribution is 7.13. The molecule has 0 radical (unpaired) electrons. The number of nitrogens with zero attached hydrogens (tertiary/aromatic N) is 2. The molecule has 1 amide bonds. The Morgan fingerprint density at radius 1 is 1.17 bits per heavy atom. The van der Waals surface area contributed by atoms with Crippen molar-refractivity contribution in [2.75, 3.05) is 12.4 Å². The summed E-state index contributed by atoms with van der Waals surface area (Å²) in [6.45, 7) is 0. The third kappa shape index (κ3) is 3.35. The van der Waals surface area contributed by atoms with E-state index in [4.69, 9.17) is 4.74 Å². The van der Waals surface area contributed by atoms with E-state index in [1.54, 1.807) is 25.3 Å². The molecule has 0 saturated carbocycles. The Bertz CT molecular complexity index is 820. The molecule has 0 aliphatic carbocycles. The molecule has 0 aliphatic rings. The van der Waals surface area contributed by atoms with Crippen molar-refractivity contribution in [1.82, 2.24) is 10.2 Å². The average Bonchev–Trinajstić information content (AvgIpc) is 3.07. The maximum absolute atomic E-state index is 14.2. The molecule has 7 heteroatoms. The van der Waals surface area contributed by atoms with Crippen molar-refractivity contribution in [2.24, 2.45) is 0 Å². The summed E-state index contributed by atoms with van der Waals surface area (Å²) in [6.07, 6.45) is 0. The maximum Gasteiger partial charge on any atom is 0.260 e. The van der Waals surface area contributed by atoms with Crippen LogP contribution in [0.3, 0.4) is 0 Å². The third-order valence-corrected chi connectivity index (χ3v) is 3.82. The van der Waals surface area contributed by atoms with Gasteiger partial charge in [-0.05, 0) is 35.4 Å². The number of halogens is 1. The molecule has 0 unspecified atom stereocenters. The Morgan fingerprint density at radius 2 is 1.91 bits per heavy atom. The third-order valence-electron chi connectivity index (χ3n) is 3.22. The van der Waals surface area contributed by atoms with Crippen LogP contribution in [0.2, 0.25) is 0 Å². The second kappa shape index (κ2) is 6.53. The van der Waals surface area contributed by atoms with E-state index >= 15 is 0 Å². The SMILES string of the molecule is COc1ccc(-c2ccc(C(=O)Nc3nncs3)c(F)c2)cc1. The number of rotatable bonds is 4. The number of carbonyl (C=O) groups is 1. The maximum atomic E-state index is 14.2. The van der Waals surface area contributed by atoms with Gasteiger partial charge in [0.25, 0.3) is 5.91 Å². The van der Waals surface area contributed by atoms with Gasteiger partial charge in [-0.25, -0.2) is 4.39 Å². The lowest BCUT2D eigenvalue weighted by atomic mass is 10.0. The number of methoxy groups -OCH3 is 1. The number of hydrogen-bond donors (Lipinski definition) is 1. The molecule has 0 spiro atoms. The largest absolute Gasteiger partial charge is 0.497 e. The van der Waals surface area contributed by atoms with Gasteiger partial charge in [-0.1, -0.05) is 29.5 Å². The van der Waals surface area contributed by atoms with Gasteiger partial charge in [0.2, 0.25) is 5.13 Å². The first-order chi connectivity index (χ1) is 11.2. The second-order valence-corrected chi connectivity index (χ2v) is 5.45. The molecule has 3 aromatic rings. The van der Waals surface area contributed by atoms with Crippen LogP contribution in [-0.2, 0) is 0 Å². The van der Waals surface area contributed by atoms with Crippen LogP contribution in [0.5, 0.6) is 5.75 Å². The van der Waals surface area contributed by atoms with Crippen LogP contribution >= 0.6 is 11.3 Å². The van der Waals surface area contributed by atoms with Crippen molar-refractivity contribution in [3.8, 4) is 16.9 Å². The molecule has 1 aromatic heterocycles. The van der Waals surface area contributed by atoms with Crippen LogP contribution in [0, 0.1) is 5.82 Å². The van der Waals surface area contributed by atoms with Crippen LogP contribution in [-0.4, -0.2) is 23.2 Å². The smallest absolute Gasteiger partial charge is 0.260 e. The Hall–Kier alpha value is -2.80. The number of aromatic nitrogens is 2. The highest BCUT2D eigenvalue weighted by Crippen LogP contribution is 2.24. The number of benzene rings is 2. The molecule has 0 fully saturated rings. The lowest BCUT2D eigenvalue weighted by Gasteiger charge is -2.07. The first kappa shape index (κ1) is 15.1. The Labute approximate surface area is 135 Å². The van der Waals surface area contributed by atoms with E-state index in [-0.39, 0.29) is 5.56 Å². The van der Waals surface area contributed by atoms with Crippen LogP contribution in [0.4, 0.5) is 9.52 Å². The van der Waals surface area contributed by atoms with Crippen molar-refractivity contribution in [3.63, 3.8) is 0 Å². The van der Waals surface area contributed by atoms with Crippen molar-refractivity contribution in [2.45, 2.75) is 0 Å². The van der Waals surface area contributed by atoms with Gasteiger partial charge >= 0.3 is 0 Å². The molecular formula is C16H12FN3O2S. The van der Waals surface area contributed by atoms with E-state index in [1.807, 2.05) is 12.1 Å². The zero-order chi connectivity index (χ0) is 16.2. The number of nitrogens with one attached hydrogen (secondary N) is 1. The molecule has 0 atom stereocenters. The van der Waals surface area contributed by atoms with Crippen molar-refractivity contribution in [1.29, 1.82) is 0 Å². The lowest BCUT2D eigenvalue weighted by molar-refractivity contribution is 0.102. The van der Waals surface area contributed by atoms with Gasteiger partial charge < -0.3 is 4.74 Å². The summed E-state index contributed by atoms with van der Waals surface area (Å²) in [5.41, 5.74) is 2.95. The minimum atomic E-state index is -0.597. The normalized spacial score (nSPS) is 10.3. The van der Waals surface area contributed by atoms with Crippen molar-refractivity contribution in [3.05, 3.63) is 59.4 Å². The minimum absolute atomic E-state index is 0.0440. The number of anilines is 1. The van der Waals surface area contributed by atoms with Crippen molar-refractivity contribution >= 4 is 22.4 Å². The van der Waals surface area contributed by atoms with Crippen molar-refractivity contribution < 1.29 is 13.9 Å². The zero-order valence-corrected chi connectivity index (χ0v) is 12.9. The Balaban J connectivity index is 1.83. The summed E-state index contributed by atoms with van der Waals surface area (Å²) in [5, 5.41) is 10.1. The molecule has 0 aliphatic heterocycles. The first-order valence-corrected chi connectivity index (χ1v) is 7.57. The summed E-state index contributed by atoms with van der Waals surface area (Å²) in [5.74, 6) is -0.428. The minimum Gasteiger partial charge on any atom is -0.497 e. The summed E-state index contributed by atoms with van der Waals surface area (Å²) in [6, 6.07) is 11.7. The van der Waals surface area contributed by atoms with E-state index in [9.17, 15) is 9.18 Å². The van der Waals surface area contributed by atoms with Crippen LogP contribution in [0.1, 0.15) is 10.4 Å². The molecular weight excluding hydrogens is 317 g/mol. The molecule has 23 heavy (non-hydrogen) atoms. The molecule has 2 aromatic carbocycles. The molecule has 116 valence electrons. The molecule has 1 N–H and O–H groups in total. The average molecular weight is 329 g/mol. The van der Waals surface area contributed by atoms with E-state index in [0.717, 1.165) is 11.3 Å². The van der Waals surface area contributed by atoms with Gasteiger partial charge in [0.15, 0.2) is 0 Å². The van der Waals surface area contributed by atoms with Gasteiger partial charge in [0, 0.05) is 0 Å². The fraction of sp³-hybridized carbons (Fsp3) is 0.0625. The molecule has 1 heterocycles. The van der Waals surface area contributed by atoms with Gasteiger partial charge in [-0.3, -0.25) is 10.1 Å². The predicted molar refractivity (Wildman–Crippen MR) is 86.3 cm³/mol. The predicted octanol–water partition coefficient (Wildman–Crippen LogP) is 3.61. The summed E-state index contributed by atoms with van der Waals surface area (Å²) in [7, 11) is 1.58. The Morgan fingerprint density at radius 3 is 2.52 bits per heavy atom. The number of amides is 1. The molecule has 0 saturated heterocycles. The quantitative estimate of drug-likeness (QED) is 0.794. The lowest BCUT2D eigenvalue weighted by Crippen LogP contribution is -2.13. The van der Waals surface area contributed by atoms with Crippen LogP contribution < -0.4 is 10.1 Å². The van der Waals surface area contributed by atoms with Crippen LogP contribution in [0.15, 0.2) is 48.0 Å². The van der Waals surface area contributed by atoms with E-state index < -0.39 is 11.7 Å². The van der Waals surface area contributed by atoms with E-state index in [1.165, 1.54) is 29.0 Å². The highest BCUT2D eigenvalue weighted by Gasteiger charge is 2.14. The summed E-state index contributed by atoms with van der Waals surface area (Å²) < 4.78 is 19.3. The molecule has 5 nitrogen and oxygen atoms in total. The molecule has 3 rings (SSSR count). The standard InChI is InChI=1S/C16H12FN3O2S/c1-22-12-5-2-10(3-6-12)11-4-7-13(14(17)8-11)15(21)19-16-20-18-9-23-16/h2-9H,1H3,(H,19,20,21). The van der Waals surface area contributed by atoms with Gasteiger partial charge in [-0.2, -0.15) is 0 Å². The zero-order valence-electron chi connectivity index (χ0n) is 12.1. The van der Waals surface area contributed by atoms with E-state index in [0.29, 0.717) is 10.7 Å². The van der Waals surface area contributed by atoms with Crippen LogP contribution in [0.25, 0.3) is 11.1 Å². The fourth-order valence-corrected chi connectivity index (χ4v) is 2.49. The van der Waals surface area contributed by atoms with E-state index in [2.05, 4.69) is 15.5 Å². The number of carbonyl (C=O) groups excluding carboxylic acids is 1. The fourth-order valence-electron chi connectivity index (χ4n) is 2.05. The molecule has 0 bridgehead atoms. The second-order valence-electron chi connectivity index (χ2n) is 4.62. The summed E-state index contributed by atoms with van der Waals surface area (Å²) in [4.78, 5) is 12.0. The topological polar surface area (TPSA) is 64.1 Å². The Kier molecular flexibility index (Phi) is 4.29. The number of hydrogen-bond acceptors (Lipinski definition) is 5. The number of ether oxygens (including phenoxy) is 1. The van der Waals surface area contributed by atoms with Gasteiger partial charge in [0.05, 0.1) is 12.7 Å². The first-order valence-electron chi connectivity index (χ1n) is 6.69. The monoisotopic (exact) mass is 329 g/mol. The van der Waals surface area contributed by atoms with Gasteiger partial charge in [-0.15, -0.1) is 10.2 Å².